The second kappa shape index (κ2) is 13.7. The van der Waals surface area contributed by atoms with Gasteiger partial charge in [-0.3, -0.25) is 9.79 Å². The van der Waals surface area contributed by atoms with E-state index in [1.807, 2.05) is 0 Å². The number of nitrogens with one attached hydrogen (secondary N) is 3. The summed E-state index contributed by atoms with van der Waals surface area (Å²) in [4.78, 5) is 15.9. The molecule has 0 unspecified atom stereocenters. The van der Waals surface area contributed by atoms with Crippen LogP contribution in [-0.2, 0) is 14.3 Å². The van der Waals surface area contributed by atoms with Gasteiger partial charge in [0, 0.05) is 41.0 Å². The molecule has 1 amide bonds. The first-order valence-electron chi connectivity index (χ1n) is 8.35. The van der Waals surface area contributed by atoms with E-state index in [-0.39, 0.29) is 41.8 Å². The molecule has 0 aromatic heterocycles. The van der Waals surface area contributed by atoms with Crippen LogP contribution in [0.25, 0.3) is 0 Å². The van der Waals surface area contributed by atoms with Crippen LogP contribution in [0.3, 0.4) is 0 Å². The topological polar surface area (TPSA) is 84.0 Å². The van der Waals surface area contributed by atoms with Crippen LogP contribution >= 0.6 is 24.0 Å². The Bertz CT molecular complexity index is 374. The van der Waals surface area contributed by atoms with Gasteiger partial charge in [-0.15, -0.1) is 24.0 Å². The molecule has 1 fully saturated rings. The summed E-state index contributed by atoms with van der Waals surface area (Å²) in [6.07, 6.45) is 6.05. The molecule has 8 heteroatoms. The second-order valence-corrected chi connectivity index (χ2v) is 6.07. The lowest BCUT2D eigenvalue weighted by Crippen LogP contribution is -2.46. The fraction of sp³-hybridized carbons (Fsp3) is 0.875. The number of aliphatic imine (C=N–C) groups is 1. The minimum atomic E-state index is -0.0695. The van der Waals surface area contributed by atoms with Crippen LogP contribution in [0.2, 0.25) is 0 Å². The molecular formula is C16H33IN4O3. The molecule has 0 saturated heterocycles. The third-order valence-corrected chi connectivity index (χ3v) is 4.40. The van der Waals surface area contributed by atoms with E-state index < -0.39 is 0 Å². The summed E-state index contributed by atoms with van der Waals surface area (Å²) in [7, 11) is 5.08. The van der Waals surface area contributed by atoms with Crippen LogP contribution in [0.15, 0.2) is 4.99 Å². The third kappa shape index (κ3) is 9.03. The number of amides is 1. The fourth-order valence-corrected chi connectivity index (χ4v) is 2.97. The average molecular weight is 456 g/mol. The number of hydrogen-bond donors (Lipinski definition) is 3. The Labute approximate surface area is 162 Å². The second-order valence-electron chi connectivity index (χ2n) is 6.07. The van der Waals surface area contributed by atoms with Crippen molar-refractivity contribution in [1.29, 1.82) is 0 Å². The quantitative estimate of drug-likeness (QED) is 0.199. The van der Waals surface area contributed by atoms with Gasteiger partial charge in [-0.25, -0.2) is 0 Å². The largest absolute Gasteiger partial charge is 0.385 e. The summed E-state index contributed by atoms with van der Waals surface area (Å²) < 4.78 is 10.1. The van der Waals surface area contributed by atoms with E-state index in [4.69, 9.17) is 9.47 Å². The van der Waals surface area contributed by atoms with Gasteiger partial charge in [-0.05, 0) is 24.7 Å². The highest BCUT2D eigenvalue weighted by molar-refractivity contribution is 14.0. The Morgan fingerprint density at radius 3 is 2.33 bits per heavy atom. The third-order valence-electron chi connectivity index (χ3n) is 4.40. The summed E-state index contributed by atoms with van der Waals surface area (Å²) in [5.74, 6) is 0.593. The average Bonchev–Trinajstić information content (AvgIpc) is 3.02. The van der Waals surface area contributed by atoms with Crippen molar-refractivity contribution in [1.82, 2.24) is 16.0 Å². The predicted molar refractivity (Wildman–Crippen MR) is 107 cm³/mol. The SMILES string of the molecule is CN=C(NCC(=O)NCCOC)NCC1(CCOC)CCCC1.I. The molecule has 0 aromatic rings. The summed E-state index contributed by atoms with van der Waals surface area (Å²) in [6, 6.07) is 0. The van der Waals surface area contributed by atoms with E-state index in [9.17, 15) is 4.79 Å². The number of carbonyl (C=O) groups is 1. The Kier molecular flexibility index (Phi) is 13.3. The van der Waals surface area contributed by atoms with Gasteiger partial charge in [0.25, 0.3) is 0 Å². The number of carbonyl (C=O) groups excluding carboxylic acids is 1. The van der Waals surface area contributed by atoms with E-state index in [0.29, 0.717) is 19.1 Å². The van der Waals surface area contributed by atoms with E-state index in [0.717, 1.165) is 19.6 Å². The van der Waals surface area contributed by atoms with Crippen molar-refractivity contribution in [2.75, 3.05) is 54.1 Å². The van der Waals surface area contributed by atoms with Gasteiger partial charge >= 0.3 is 0 Å². The lowest BCUT2D eigenvalue weighted by molar-refractivity contribution is -0.120. The normalized spacial score (nSPS) is 16.4. The molecule has 24 heavy (non-hydrogen) atoms. The monoisotopic (exact) mass is 456 g/mol. The van der Waals surface area contributed by atoms with Crippen molar-refractivity contribution in [3.63, 3.8) is 0 Å². The van der Waals surface area contributed by atoms with Crippen molar-refractivity contribution in [3.05, 3.63) is 0 Å². The smallest absolute Gasteiger partial charge is 0.239 e. The molecule has 0 aromatic carbocycles. The van der Waals surface area contributed by atoms with Gasteiger partial charge in [-0.2, -0.15) is 0 Å². The number of rotatable bonds is 10. The van der Waals surface area contributed by atoms with Crippen LogP contribution in [0.5, 0.6) is 0 Å². The van der Waals surface area contributed by atoms with Gasteiger partial charge in [0.1, 0.15) is 0 Å². The van der Waals surface area contributed by atoms with Crippen LogP contribution in [0, 0.1) is 5.41 Å². The first-order chi connectivity index (χ1) is 11.2. The van der Waals surface area contributed by atoms with Crippen LogP contribution in [0.4, 0.5) is 0 Å². The number of nitrogens with zero attached hydrogens (tertiary/aromatic N) is 1. The number of ether oxygens (including phenoxy) is 2. The van der Waals surface area contributed by atoms with E-state index >= 15 is 0 Å². The Morgan fingerprint density at radius 1 is 1.08 bits per heavy atom. The highest BCUT2D eigenvalue weighted by Crippen LogP contribution is 2.40. The van der Waals surface area contributed by atoms with Crippen molar-refractivity contribution < 1.29 is 14.3 Å². The molecule has 1 aliphatic carbocycles. The lowest BCUT2D eigenvalue weighted by Gasteiger charge is -2.29. The first-order valence-corrected chi connectivity index (χ1v) is 8.35. The van der Waals surface area contributed by atoms with E-state index in [1.165, 1.54) is 25.7 Å². The summed E-state index contributed by atoms with van der Waals surface area (Å²) in [6.45, 7) is 2.88. The zero-order valence-electron chi connectivity index (χ0n) is 15.2. The minimum Gasteiger partial charge on any atom is -0.385 e. The molecule has 1 rings (SSSR count). The van der Waals surface area contributed by atoms with Crippen LogP contribution < -0.4 is 16.0 Å². The molecule has 1 saturated carbocycles. The van der Waals surface area contributed by atoms with Crippen molar-refractivity contribution >= 4 is 35.8 Å². The van der Waals surface area contributed by atoms with Crippen molar-refractivity contribution in [3.8, 4) is 0 Å². The zero-order valence-corrected chi connectivity index (χ0v) is 17.5. The van der Waals surface area contributed by atoms with Gasteiger partial charge < -0.3 is 25.4 Å². The fourth-order valence-electron chi connectivity index (χ4n) is 2.97. The van der Waals surface area contributed by atoms with Gasteiger partial charge in [-0.1, -0.05) is 12.8 Å². The zero-order chi connectivity index (χ0) is 17.0. The maximum absolute atomic E-state index is 11.7. The van der Waals surface area contributed by atoms with Crippen LogP contribution in [0.1, 0.15) is 32.1 Å². The van der Waals surface area contributed by atoms with E-state index in [1.54, 1.807) is 21.3 Å². The summed E-state index contributed by atoms with van der Waals surface area (Å²) in [5, 5.41) is 9.18. The molecule has 0 aliphatic heterocycles. The van der Waals surface area contributed by atoms with Gasteiger partial charge in [0.15, 0.2) is 5.96 Å². The molecular weight excluding hydrogens is 423 g/mol. The van der Waals surface area contributed by atoms with Crippen molar-refractivity contribution in [2.45, 2.75) is 32.1 Å². The number of methoxy groups -OCH3 is 2. The molecule has 142 valence electrons. The highest BCUT2D eigenvalue weighted by atomic mass is 127. The maximum Gasteiger partial charge on any atom is 0.239 e. The molecule has 0 spiro atoms. The molecule has 1 aliphatic rings. The lowest BCUT2D eigenvalue weighted by atomic mass is 9.83. The number of hydrogen-bond acceptors (Lipinski definition) is 4. The minimum absolute atomic E-state index is 0. The highest BCUT2D eigenvalue weighted by Gasteiger charge is 2.33. The van der Waals surface area contributed by atoms with Gasteiger partial charge in [0.2, 0.25) is 5.91 Å². The summed E-state index contributed by atoms with van der Waals surface area (Å²) >= 11 is 0. The maximum atomic E-state index is 11.7. The number of guanidine groups is 1. The van der Waals surface area contributed by atoms with Crippen LogP contribution in [-0.4, -0.2) is 66.0 Å². The molecule has 3 N–H and O–H groups in total. The molecule has 0 bridgehead atoms. The summed E-state index contributed by atoms with van der Waals surface area (Å²) in [5.41, 5.74) is 0.286. The Balaban J connectivity index is 0.00000529. The van der Waals surface area contributed by atoms with Gasteiger partial charge in [0.05, 0.1) is 13.2 Å². The molecule has 7 nitrogen and oxygen atoms in total. The first kappa shape index (κ1) is 23.4. The Morgan fingerprint density at radius 2 is 1.75 bits per heavy atom. The molecule has 0 radical (unpaired) electrons. The standard InChI is InChI=1S/C16H32N4O3.HI/c1-17-15(19-12-14(21)18-9-11-23-3)20-13-16(8-10-22-2)6-4-5-7-16;/h4-13H2,1-3H3,(H,18,21)(H2,17,19,20);1H. The van der Waals surface area contributed by atoms with Crippen molar-refractivity contribution in [2.24, 2.45) is 10.4 Å². The molecule has 0 heterocycles. The molecule has 0 atom stereocenters. The predicted octanol–water partition coefficient (Wildman–Crippen LogP) is 1.13. The Hall–Kier alpha value is -0.610. The number of halogens is 1. The van der Waals surface area contributed by atoms with E-state index in [2.05, 4.69) is 20.9 Å².